The van der Waals surface area contributed by atoms with Crippen LogP contribution in [0.2, 0.25) is 0 Å². The number of nitrogens with zero attached hydrogens (tertiary/aromatic N) is 1. The number of hydrogen-bond donors (Lipinski definition) is 2. The summed E-state index contributed by atoms with van der Waals surface area (Å²) in [6, 6.07) is 6.73. The van der Waals surface area contributed by atoms with E-state index < -0.39 is 5.97 Å². The minimum atomic E-state index is -1.01. The minimum absolute atomic E-state index is 0.259. The molecule has 20 heavy (non-hydrogen) atoms. The van der Waals surface area contributed by atoms with Gasteiger partial charge in [0.2, 0.25) is 0 Å². The Labute approximate surface area is 117 Å². The van der Waals surface area contributed by atoms with Crippen LogP contribution >= 0.6 is 0 Å². The Morgan fingerprint density at radius 3 is 2.55 bits per heavy atom. The second-order valence-corrected chi connectivity index (χ2v) is 4.62. The fraction of sp³-hybridized carbons (Fsp3) is 0.429. The first kappa shape index (κ1) is 14.5. The van der Waals surface area contributed by atoms with Crippen LogP contribution in [-0.2, 0) is 9.59 Å². The topological polar surface area (TPSA) is 78.9 Å². The Kier molecular flexibility index (Phi) is 5.09. The number of carboxylic acid groups (broad SMARTS) is 1. The van der Waals surface area contributed by atoms with Crippen molar-refractivity contribution in [2.24, 2.45) is 0 Å². The molecule has 0 saturated carbocycles. The highest BCUT2D eigenvalue weighted by molar-refractivity contribution is 5.68. The number of hydrogen-bond acceptors (Lipinski definition) is 5. The predicted molar refractivity (Wildman–Crippen MR) is 72.8 cm³/mol. The Hall–Kier alpha value is -1.92. The minimum Gasteiger partial charge on any atom is -0.482 e. The summed E-state index contributed by atoms with van der Waals surface area (Å²) in [4.78, 5) is 23.9. The zero-order chi connectivity index (χ0) is 14.4. The highest BCUT2D eigenvalue weighted by Crippen LogP contribution is 2.21. The van der Waals surface area contributed by atoms with Crippen molar-refractivity contribution < 1.29 is 19.4 Å². The number of rotatable bonds is 6. The van der Waals surface area contributed by atoms with Gasteiger partial charge in [-0.15, -0.1) is 0 Å². The molecule has 0 radical (unpaired) electrons. The Morgan fingerprint density at radius 1 is 1.35 bits per heavy atom. The van der Waals surface area contributed by atoms with Crippen molar-refractivity contribution in [3.8, 4) is 5.75 Å². The average Bonchev–Trinajstić information content (AvgIpc) is 2.48. The number of ether oxygens (including phenoxy) is 1. The van der Waals surface area contributed by atoms with E-state index in [1.807, 2.05) is 0 Å². The fourth-order valence-corrected chi connectivity index (χ4v) is 2.24. The lowest BCUT2D eigenvalue weighted by atomic mass is 10.1. The van der Waals surface area contributed by atoms with Crippen LogP contribution in [0.3, 0.4) is 0 Å². The molecule has 1 aliphatic rings. The summed E-state index contributed by atoms with van der Waals surface area (Å²) < 4.78 is 5.07. The molecule has 1 unspecified atom stereocenters. The van der Waals surface area contributed by atoms with Crippen LogP contribution in [0.5, 0.6) is 5.75 Å². The van der Waals surface area contributed by atoms with E-state index in [9.17, 15) is 9.59 Å². The molecule has 2 rings (SSSR count). The van der Waals surface area contributed by atoms with Gasteiger partial charge in [-0.3, -0.25) is 4.90 Å². The lowest BCUT2D eigenvalue weighted by Gasteiger charge is -2.32. The molecule has 1 heterocycles. The molecule has 6 heteroatoms. The van der Waals surface area contributed by atoms with Crippen molar-refractivity contribution in [2.75, 3.05) is 32.8 Å². The molecule has 1 aromatic carbocycles. The normalized spacial score (nSPS) is 17.4. The molecule has 1 saturated heterocycles. The van der Waals surface area contributed by atoms with Gasteiger partial charge >= 0.3 is 5.97 Å². The van der Waals surface area contributed by atoms with Crippen molar-refractivity contribution >= 4 is 12.3 Å². The number of carbonyl (C=O) groups is 2. The molecule has 108 valence electrons. The van der Waals surface area contributed by atoms with Crippen LogP contribution in [0.15, 0.2) is 24.3 Å². The van der Waals surface area contributed by atoms with Gasteiger partial charge in [0.1, 0.15) is 12.0 Å². The first-order valence-electron chi connectivity index (χ1n) is 6.55. The van der Waals surface area contributed by atoms with E-state index in [0.717, 1.165) is 38.0 Å². The second-order valence-electron chi connectivity index (χ2n) is 4.62. The molecule has 0 aromatic heterocycles. The van der Waals surface area contributed by atoms with E-state index in [4.69, 9.17) is 9.84 Å². The van der Waals surface area contributed by atoms with Crippen LogP contribution in [0.4, 0.5) is 0 Å². The summed E-state index contributed by atoms with van der Waals surface area (Å²) in [5.41, 5.74) is 0.893. The summed E-state index contributed by atoms with van der Waals surface area (Å²) in [5.74, 6) is -0.526. The lowest BCUT2D eigenvalue weighted by molar-refractivity contribution is -0.139. The van der Waals surface area contributed by atoms with Crippen LogP contribution in [0, 0.1) is 0 Å². The molecular formula is C14H18N2O4. The molecule has 0 amide bonds. The molecule has 0 bridgehead atoms. The van der Waals surface area contributed by atoms with Gasteiger partial charge < -0.3 is 20.0 Å². The first-order valence-corrected chi connectivity index (χ1v) is 6.55. The highest BCUT2D eigenvalue weighted by atomic mass is 16.5. The number of carboxylic acids is 1. The van der Waals surface area contributed by atoms with Gasteiger partial charge in [-0.25, -0.2) is 4.79 Å². The third-order valence-corrected chi connectivity index (χ3v) is 3.26. The molecule has 0 aliphatic carbocycles. The van der Waals surface area contributed by atoms with Crippen molar-refractivity contribution in [1.82, 2.24) is 10.2 Å². The summed E-state index contributed by atoms with van der Waals surface area (Å²) in [6.07, 6.45) is 0.943. The average molecular weight is 278 g/mol. The Bertz CT molecular complexity index is 455. The standard InChI is InChI=1S/C14H18N2O4/c17-9-13(16-7-5-15-6-8-16)11-1-3-12(4-2-11)20-10-14(18)19/h1-4,9,13,15H,5-8,10H2,(H,18,19). The molecule has 2 N–H and O–H groups in total. The molecule has 1 fully saturated rings. The smallest absolute Gasteiger partial charge is 0.341 e. The first-order chi connectivity index (χ1) is 9.70. The van der Waals surface area contributed by atoms with Crippen LogP contribution in [0.1, 0.15) is 11.6 Å². The maximum absolute atomic E-state index is 11.3. The number of aldehydes is 1. The number of aliphatic carboxylic acids is 1. The third kappa shape index (κ3) is 3.79. The van der Waals surface area contributed by atoms with Crippen molar-refractivity contribution in [3.05, 3.63) is 29.8 Å². The summed E-state index contributed by atoms with van der Waals surface area (Å²) in [7, 11) is 0. The Balaban J connectivity index is 2.02. The third-order valence-electron chi connectivity index (χ3n) is 3.26. The fourth-order valence-electron chi connectivity index (χ4n) is 2.24. The van der Waals surface area contributed by atoms with Crippen LogP contribution < -0.4 is 10.1 Å². The van der Waals surface area contributed by atoms with E-state index in [0.29, 0.717) is 5.75 Å². The number of benzene rings is 1. The van der Waals surface area contributed by atoms with E-state index in [1.165, 1.54) is 0 Å². The lowest BCUT2D eigenvalue weighted by Crippen LogP contribution is -2.45. The Morgan fingerprint density at radius 2 is 2.00 bits per heavy atom. The number of carbonyl (C=O) groups excluding carboxylic acids is 1. The maximum atomic E-state index is 11.3. The van der Waals surface area contributed by atoms with Gasteiger partial charge in [-0.05, 0) is 17.7 Å². The van der Waals surface area contributed by atoms with E-state index >= 15 is 0 Å². The molecule has 6 nitrogen and oxygen atoms in total. The van der Waals surface area contributed by atoms with Gasteiger partial charge in [0.25, 0.3) is 0 Å². The molecule has 0 spiro atoms. The summed E-state index contributed by atoms with van der Waals surface area (Å²) in [5, 5.41) is 11.8. The van der Waals surface area contributed by atoms with Gasteiger partial charge in [0.05, 0.1) is 6.04 Å². The van der Waals surface area contributed by atoms with Gasteiger partial charge in [-0.1, -0.05) is 12.1 Å². The monoisotopic (exact) mass is 278 g/mol. The molecule has 1 aromatic rings. The zero-order valence-electron chi connectivity index (χ0n) is 11.1. The maximum Gasteiger partial charge on any atom is 0.341 e. The zero-order valence-corrected chi connectivity index (χ0v) is 11.1. The van der Waals surface area contributed by atoms with Crippen molar-refractivity contribution in [2.45, 2.75) is 6.04 Å². The molecule has 1 atom stereocenters. The van der Waals surface area contributed by atoms with E-state index in [2.05, 4.69) is 10.2 Å². The van der Waals surface area contributed by atoms with Crippen molar-refractivity contribution in [3.63, 3.8) is 0 Å². The van der Waals surface area contributed by atoms with Gasteiger partial charge in [-0.2, -0.15) is 0 Å². The van der Waals surface area contributed by atoms with Gasteiger partial charge in [0.15, 0.2) is 6.61 Å². The predicted octanol–water partition coefficient (Wildman–Crippen LogP) is 0.295. The number of piperazine rings is 1. The van der Waals surface area contributed by atoms with Crippen LogP contribution in [-0.4, -0.2) is 55.0 Å². The number of nitrogens with one attached hydrogen (secondary N) is 1. The van der Waals surface area contributed by atoms with E-state index in [1.54, 1.807) is 24.3 Å². The molecular weight excluding hydrogens is 260 g/mol. The quantitative estimate of drug-likeness (QED) is 0.728. The second kappa shape index (κ2) is 7.02. The highest BCUT2D eigenvalue weighted by Gasteiger charge is 2.21. The SMILES string of the molecule is O=CC(c1ccc(OCC(=O)O)cc1)N1CCNCC1. The van der Waals surface area contributed by atoms with Crippen molar-refractivity contribution in [1.29, 1.82) is 0 Å². The molecule has 1 aliphatic heterocycles. The summed E-state index contributed by atoms with van der Waals surface area (Å²) in [6.45, 7) is 3.06. The largest absolute Gasteiger partial charge is 0.482 e. The van der Waals surface area contributed by atoms with Gasteiger partial charge in [0, 0.05) is 26.2 Å². The van der Waals surface area contributed by atoms with E-state index in [-0.39, 0.29) is 12.6 Å². The van der Waals surface area contributed by atoms with Crippen LogP contribution in [0.25, 0.3) is 0 Å². The summed E-state index contributed by atoms with van der Waals surface area (Å²) >= 11 is 0.